The quantitative estimate of drug-likeness (QED) is 0.778. The van der Waals surface area contributed by atoms with E-state index >= 15 is 0 Å². The minimum atomic E-state index is 0.556. The zero-order valence-electron chi connectivity index (χ0n) is 10.9. The fourth-order valence-electron chi connectivity index (χ4n) is 1.81. The normalized spacial score (nSPS) is 12.2. The van der Waals surface area contributed by atoms with Crippen LogP contribution in [0.5, 0.6) is 5.75 Å². The lowest BCUT2D eigenvalue weighted by molar-refractivity contribution is 0.412. The molecule has 3 heteroatoms. The topological polar surface area (TPSA) is 21.3 Å². The second-order valence-corrected chi connectivity index (χ2v) is 5.10. The van der Waals surface area contributed by atoms with E-state index in [1.165, 1.54) is 19.3 Å². The highest BCUT2D eigenvalue weighted by Gasteiger charge is 2.07. The highest BCUT2D eigenvalue weighted by molar-refractivity contribution is 9.10. The van der Waals surface area contributed by atoms with E-state index in [1.807, 2.05) is 12.1 Å². The van der Waals surface area contributed by atoms with Gasteiger partial charge in [0.25, 0.3) is 0 Å². The Morgan fingerprint density at radius 2 is 2.12 bits per heavy atom. The number of anilines is 1. The van der Waals surface area contributed by atoms with Crippen molar-refractivity contribution in [3.05, 3.63) is 22.7 Å². The molecule has 0 aliphatic carbocycles. The summed E-state index contributed by atoms with van der Waals surface area (Å²) in [7, 11) is 1.69. The Morgan fingerprint density at radius 3 is 2.71 bits per heavy atom. The van der Waals surface area contributed by atoms with Crippen LogP contribution >= 0.6 is 15.9 Å². The average Bonchev–Trinajstić information content (AvgIpc) is 2.36. The molecule has 0 amide bonds. The first-order chi connectivity index (χ1) is 8.21. The van der Waals surface area contributed by atoms with Crippen LogP contribution in [-0.4, -0.2) is 13.2 Å². The molecule has 96 valence electrons. The first kappa shape index (κ1) is 14.4. The molecule has 0 heterocycles. The molecule has 0 aliphatic rings. The summed E-state index contributed by atoms with van der Waals surface area (Å²) in [4.78, 5) is 0. The Morgan fingerprint density at radius 1 is 1.35 bits per heavy atom. The molecule has 1 unspecified atom stereocenters. The summed E-state index contributed by atoms with van der Waals surface area (Å²) in [5.74, 6) is 0.875. The van der Waals surface area contributed by atoms with E-state index in [0.29, 0.717) is 6.04 Å². The van der Waals surface area contributed by atoms with Gasteiger partial charge in [-0.15, -0.1) is 0 Å². The lowest BCUT2D eigenvalue weighted by atomic mass is 10.1. The number of methoxy groups -OCH3 is 1. The molecule has 0 radical (unpaired) electrons. The lowest BCUT2D eigenvalue weighted by Gasteiger charge is -2.18. The zero-order chi connectivity index (χ0) is 12.7. The fourth-order valence-corrected chi connectivity index (χ4v) is 2.22. The predicted octanol–water partition coefficient (Wildman–Crippen LogP) is 4.84. The van der Waals surface area contributed by atoms with Gasteiger partial charge < -0.3 is 10.1 Å². The third-order valence-corrected chi connectivity index (χ3v) is 3.58. The van der Waals surface area contributed by atoms with Crippen molar-refractivity contribution >= 4 is 21.6 Å². The van der Waals surface area contributed by atoms with Crippen molar-refractivity contribution in [3.63, 3.8) is 0 Å². The number of ether oxygens (including phenoxy) is 1. The number of halogens is 1. The molecule has 0 saturated carbocycles. The summed E-state index contributed by atoms with van der Waals surface area (Å²) in [6.45, 7) is 4.46. The second-order valence-electron chi connectivity index (χ2n) is 4.24. The highest BCUT2D eigenvalue weighted by Crippen LogP contribution is 2.28. The summed E-state index contributed by atoms with van der Waals surface area (Å²) in [6, 6.07) is 6.70. The van der Waals surface area contributed by atoms with E-state index in [-0.39, 0.29) is 0 Å². The van der Waals surface area contributed by atoms with Crippen molar-refractivity contribution < 1.29 is 4.74 Å². The van der Waals surface area contributed by atoms with Crippen LogP contribution in [-0.2, 0) is 0 Å². The number of unbranched alkanes of at least 4 members (excludes halogenated alkanes) is 1. The Bertz CT molecular complexity index is 341. The van der Waals surface area contributed by atoms with Crippen LogP contribution in [0.25, 0.3) is 0 Å². The number of hydrogen-bond acceptors (Lipinski definition) is 2. The van der Waals surface area contributed by atoms with Crippen LogP contribution in [0.1, 0.15) is 39.5 Å². The maximum absolute atomic E-state index is 5.30. The molecular formula is C14H22BrNO. The van der Waals surface area contributed by atoms with Crippen molar-refractivity contribution in [2.75, 3.05) is 12.4 Å². The number of benzene rings is 1. The van der Waals surface area contributed by atoms with Gasteiger partial charge in [0, 0.05) is 17.8 Å². The molecule has 1 aromatic rings. The number of rotatable bonds is 7. The van der Waals surface area contributed by atoms with E-state index in [4.69, 9.17) is 4.74 Å². The maximum Gasteiger partial charge on any atom is 0.135 e. The second kappa shape index (κ2) is 7.59. The van der Waals surface area contributed by atoms with E-state index < -0.39 is 0 Å². The largest absolute Gasteiger partial charge is 0.495 e. The van der Waals surface area contributed by atoms with Gasteiger partial charge >= 0.3 is 0 Å². The lowest BCUT2D eigenvalue weighted by Crippen LogP contribution is -2.18. The average molecular weight is 300 g/mol. The summed E-state index contributed by atoms with van der Waals surface area (Å²) in [5.41, 5.74) is 1.13. The van der Waals surface area contributed by atoms with Crippen LogP contribution in [0.2, 0.25) is 0 Å². The summed E-state index contributed by atoms with van der Waals surface area (Å²) < 4.78 is 6.29. The van der Waals surface area contributed by atoms with Crippen LogP contribution in [0.4, 0.5) is 5.69 Å². The predicted molar refractivity (Wildman–Crippen MR) is 77.9 cm³/mol. The third kappa shape index (κ3) is 4.58. The molecule has 2 nitrogen and oxygen atoms in total. The number of hydrogen-bond donors (Lipinski definition) is 1. The monoisotopic (exact) mass is 299 g/mol. The number of nitrogens with one attached hydrogen (secondary N) is 1. The first-order valence-corrected chi connectivity index (χ1v) is 7.10. The van der Waals surface area contributed by atoms with E-state index in [1.54, 1.807) is 7.11 Å². The van der Waals surface area contributed by atoms with Gasteiger partial charge in [0.05, 0.1) is 11.6 Å². The van der Waals surface area contributed by atoms with E-state index in [2.05, 4.69) is 41.2 Å². The molecule has 1 atom stereocenters. The standard InChI is InChI=1S/C14H22BrNO/c1-4-6-7-11(5-2)16-12-8-9-13(15)14(10-12)17-3/h8-11,16H,4-7H2,1-3H3. The van der Waals surface area contributed by atoms with Gasteiger partial charge in [-0.05, 0) is 40.9 Å². The van der Waals surface area contributed by atoms with E-state index in [0.717, 1.165) is 22.3 Å². The molecule has 0 aliphatic heterocycles. The van der Waals surface area contributed by atoms with Gasteiger partial charge in [-0.3, -0.25) is 0 Å². The maximum atomic E-state index is 5.30. The van der Waals surface area contributed by atoms with Gasteiger partial charge in [-0.1, -0.05) is 26.7 Å². The summed E-state index contributed by atoms with van der Waals surface area (Å²) in [5, 5.41) is 3.56. The van der Waals surface area contributed by atoms with Gasteiger partial charge in [0.2, 0.25) is 0 Å². The molecule has 17 heavy (non-hydrogen) atoms. The smallest absolute Gasteiger partial charge is 0.135 e. The molecule has 1 aromatic carbocycles. The van der Waals surface area contributed by atoms with Crippen molar-refractivity contribution in [1.29, 1.82) is 0 Å². The molecule has 0 spiro atoms. The highest BCUT2D eigenvalue weighted by atomic mass is 79.9. The van der Waals surface area contributed by atoms with Gasteiger partial charge in [0.15, 0.2) is 0 Å². The Labute approximate surface area is 113 Å². The molecule has 0 fully saturated rings. The SMILES string of the molecule is CCCCC(CC)Nc1ccc(Br)c(OC)c1. The first-order valence-electron chi connectivity index (χ1n) is 6.31. The molecular weight excluding hydrogens is 278 g/mol. The van der Waals surface area contributed by atoms with Gasteiger partial charge in [-0.25, -0.2) is 0 Å². The van der Waals surface area contributed by atoms with Crippen LogP contribution in [0.15, 0.2) is 22.7 Å². The minimum Gasteiger partial charge on any atom is -0.495 e. The fraction of sp³-hybridized carbons (Fsp3) is 0.571. The minimum absolute atomic E-state index is 0.556. The van der Waals surface area contributed by atoms with Crippen molar-refractivity contribution in [2.24, 2.45) is 0 Å². The Kier molecular flexibility index (Phi) is 6.41. The molecule has 1 rings (SSSR count). The molecule has 1 N–H and O–H groups in total. The Balaban J connectivity index is 2.65. The molecule has 0 aromatic heterocycles. The van der Waals surface area contributed by atoms with E-state index in [9.17, 15) is 0 Å². The zero-order valence-corrected chi connectivity index (χ0v) is 12.5. The van der Waals surface area contributed by atoms with Gasteiger partial charge in [-0.2, -0.15) is 0 Å². The summed E-state index contributed by atoms with van der Waals surface area (Å²) >= 11 is 3.46. The van der Waals surface area contributed by atoms with Crippen LogP contribution in [0.3, 0.4) is 0 Å². The van der Waals surface area contributed by atoms with Crippen LogP contribution in [0, 0.1) is 0 Å². The summed E-state index contributed by atoms with van der Waals surface area (Å²) in [6.07, 6.45) is 4.91. The molecule has 0 saturated heterocycles. The molecule has 0 bridgehead atoms. The third-order valence-electron chi connectivity index (χ3n) is 2.92. The van der Waals surface area contributed by atoms with Crippen LogP contribution < -0.4 is 10.1 Å². The van der Waals surface area contributed by atoms with Crippen molar-refractivity contribution in [2.45, 2.75) is 45.6 Å². The van der Waals surface area contributed by atoms with Crippen molar-refractivity contribution in [1.82, 2.24) is 0 Å². The van der Waals surface area contributed by atoms with Crippen molar-refractivity contribution in [3.8, 4) is 5.75 Å². The van der Waals surface area contributed by atoms with Gasteiger partial charge in [0.1, 0.15) is 5.75 Å². The Hall–Kier alpha value is -0.700.